The van der Waals surface area contributed by atoms with E-state index in [1.807, 2.05) is 0 Å². The molecule has 1 rings (SSSR count). The fourth-order valence-corrected chi connectivity index (χ4v) is 1.62. The Morgan fingerprint density at radius 2 is 2.27 bits per heavy atom. The van der Waals surface area contributed by atoms with E-state index in [2.05, 4.69) is 22.9 Å². The molecule has 0 amide bonds. The Kier molecular flexibility index (Phi) is 4.62. The normalized spacial score (nSPS) is 10.0. The third-order valence-corrected chi connectivity index (χ3v) is 2.57. The molecule has 0 aliphatic carbocycles. The molecule has 0 fully saturated rings. The molecular weight excluding hydrogens is 260 g/mol. The highest BCUT2D eigenvalue weighted by Gasteiger charge is 2.13. The van der Waals surface area contributed by atoms with Crippen molar-refractivity contribution >= 4 is 21.9 Å². The number of benzene rings is 1. The minimum Gasteiger partial charge on any atom is -0.491 e. The fraction of sp³-hybridized carbons (Fsp3) is 0.364. The molecular formula is C11H13BrO3. The quantitative estimate of drug-likeness (QED) is 0.837. The zero-order valence-corrected chi connectivity index (χ0v) is 10.1. The predicted octanol–water partition coefficient (Wildman–Crippen LogP) is 3.33. The number of hydrogen-bond donors (Lipinski definition) is 1. The molecule has 1 N–H and O–H groups in total. The summed E-state index contributed by atoms with van der Waals surface area (Å²) in [7, 11) is 0. The number of carboxylic acids is 1. The van der Waals surface area contributed by atoms with Crippen molar-refractivity contribution < 1.29 is 14.6 Å². The van der Waals surface area contributed by atoms with Gasteiger partial charge in [0, 0.05) is 0 Å². The minimum absolute atomic E-state index is 0.195. The van der Waals surface area contributed by atoms with Crippen LogP contribution in [0.25, 0.3) is 0 Å². The molecule has 1 aromatic rings. The third-order valence-electron chi connectivity index (χ3n) is 1.94. The molecule has 0 aromatic heterocycles. The molecule has 0 bridgehead atoms. The highest BCUT2D eigenvalue weighted by Crippen LogP contribution is 2.29. The topological polar surface area (TPSA) is 46.5 Å². The molecule has 82 valence electrons. The molecule has 3 nitrogen and oxygen atoms in total. The van der Waals surface area contributed by atoms with Crippen molar-refractivity contribution in [3.05, 3.63) is 28.2 Å². The highest BCUT2D eigenvalue weighted by molar-refractivity contribution is 9.10. The SMILES string of the molecule is CCCCOc1c(Br)cccc1C(=O)O. The maximum Gasteiger partial charge on any atom is 0.339 e. The fourth-order valence-electron chi connectivity index (χ4n) is 1.14. The van der Waals surface area contributed by atoms with Gasteiger partial charge in [0.15, 0.2) is 0 Å². The second-order valence-electron chi connectivity index (χ2n) is 3.12. The molecule has 0 spiro atoms. The van der Waals surface area contributed by atoms with E-state index in [4.69, 9.17) is 9.84 Å². The summed E-state index contributed by atoms with van der Waals surface area (Å²) in [5, 5.41) is 8.95. The Balaban J connectivity index is 2.87. The molecule has 15 heavy (non-hydrogen) atoms. The van der Waals surface area contributed by atoms with Crippen molar-refractivity contribution in [1.29, 1.82) is 0 Å². The van der Waals surface area contributed by atoms with Crippen LogP contribution in [0.5, 0.6) is 5.75 Å². The number of hydrogen-bond acceptors (Lipinski definition) is 2. The molecule has 0 unspecified atom stereocenters. The van der Waals surface area contributed by atoms with Crippen molar-refractivity contribution in [2.75, 3.05) is 6.61 Å². The van der Waals surface area contributed by atoms with Gasteiger partial charge < -0.3 is 9.84 Å². The average Bonchev–Trinajstić information content (AvgIpc) is 2.20. The Bertz CT molecular complexity index is 350. The Morgan fingerprint density at radius 1 is 1.53 bits per heavy atom. The lowest BCUT2D eigenvalue weighted by Gasteiger charge is -2.10. The van der Waals surface area contributed by atoms with E-state index < -0.39 is 5.97 Å². The molecule has 1 aromatic carbocycles. The minimum atomic E-state index is -0.970. The Labute approximate surface area is 97.2 Å². The maximum absolute atomic E-state index is 10.9. The van der Waals surface area contributed by atoms with E-state index in [9.17, 15) is 4.79 Å². The van der Waals surface area contributed by atoms with Gasteiger partial charge in [0.05, 0.1) is 11.1 Å². The van der Waals surface area contributed by atoms with Gasteiger partial charge in [-0.05, 0) is 34.5 Å². The van der Waals surface area contributed by atoms with E-state index in [-0.39, 0.29) is 5.56 Å². The number of aromatic carboxylic acids is 1. The van der Waals surface area contributed by atoms with E-state index in [1.54, 1.807) is 12.1 Å². The third kappa shape index (κ3) is 3.23. The van der Waals surface area contributed by atoms with E-state index in [0.29, 0.717) is 16.8 Å². The second-order valence-corrected chi connectivity index (χ2v) is 3.98. The highest BCUT2D eigenvalue weighted by atomic mass is 79.9. The summed E-state index contributed by atoms with van der Waals surface area (Å²) in [6, 6.07) is 4.99. The van der Waals surface area contributed by atoms with Gasteiger partial charge in [0.1, 0.15) is 11.3 Å². The first-order valence-corrected chi connectivity index (χ1v) is 5.60. The number of rotatable bonds is 5. The summed E-state index contributed by atoms with van der Waals surface area (Å²) in [5.41, 5.74) is 0.195. The summed E-state index contributed by atoms with van der Waals surface area (Å²) in [5.74, 6) is -0.554. The van der Waals surface area contributed by atoms with Crippen LogP contribution in [0.15, 0.2) is 22.7 Å². The molecule has 0 aliphatic heterocycles. The molecule has 0 aliphatic rings. The average molecular weight is 273 g/mol. The van der Waals surface area contributed by atoms with Crippen LogP contribution in [-0.4, -0.2) is 17.7 Å². The first-order chi connectivity index (χ1) is 7.16. The Morgan fingerprint density at radius 3 is 2.87 bits per heavy atom. The lowest BCUT2D eigenvalue weighted by Crippen LogP contribution is -2.04. The van der Waals surface area contributed by atoms with Crippen molar-refractivity contribution in [2.45, 2.75) is 19.8 Å². The summed E-state index contributed by atoms with van der Waals surface area (Å²) < 4.78 is 6.12. The number of halogens is 1. The van der Waals surface area contributed by atoms with Crippen LogP contribution in [0, 0.1) is 0 Å². The van der Waals surface area contributed by atoms with Gasteiger partial charge in [-0.15, -0.1) is 0 Å². The molecule has 0 heterocycles. The van der Waals surface area contributed by atoms with Crippen molar-refractivity contribution in [1.82, 2.24) is 0 Å². The molecule has 0 saturated carbocycles. The number of unbranched alkanes of at least 4 members (excludes halogenated alkanes) is 1. The number of carboxylic acid groups (broad SMARTS) is 1. The zero-order valence-electron chi connectivity index (χ0n) is 8.50. The van der Waals surface area contributed by atoms with E-state index in [0.717, 1.165) is 12.8 Å². The van der Waals surface area contributed by atoms with Gasteiger partial charge in [0.2, 0.25) is 0 Å². The van der Waals surface area contributed by atoms with Gasteiger partial charge >= 0.3 is 5.97 Å². The van der Waals surface area contributed by atoms with Gasteiger partial charge in [-0.2, -0.15) is 0 Å². The largest absolute Gasteiger partial charge is 0.491 e. The zero-order chi connectivity index (χ0) is 11.3. The van der Waals surface area contributed by atoms with Crippen LogP contribution in [-0.2, 0) is 0 Å². The Hall–Kier alpha value is -1.03. The van der Waals surface area contributed by atoms with Crippen LogP contribution >= 0.6 is 15.9 Å². The van der Waals surface area contributed by atoms with Crippen LogP contribution in [0.3, 0.4) is 0 Å². The van der Waals surface area contributed by atoms with Crippen LogP contribution < -0.4 is 4.74 Å². The number of carbonyl (C=O) groups is 1. The van der Waals surface area contributed by atoms with Gasteiger partial charge in [-0.25, -0.2) is 4.79 Å². The molecule has 0 atom stereocenters. The summed E-state index contributed by atoms with van der Waals surface area (Å²) in [6.45, 7) is 2.60. The van der Waals surface area contributed by atoms with Crippen molar-refractivity contribution in [3.63, 3.8) is 0 Å². The predicted molar refractivity (Wildman–Crippen MR) is 61.5 cm³/mol. The van der Waals surface area contributed by atoms with Crippen LogP contribution in [0.1, 0.15) is 30.1 Å². The summed E-state index contributed by atoms with van der Waals surface area (Å²) in [4.78, 5) is 10.9. The van der Waals surface area contributed by atoms with E-state index >= 15 is 0 Å². The van der Waals surface area contributed by atoms with E-state index in [1.165, 1.54) is 6.07 Å². The van der Waals surface area contributed by atoms with Gasteiger partial charge in [-0.3, -0.25) is 0 Å². The maximum atomic E-state index is 10.9. The lowest BCUT2D eigenvalue weighted by atomic mass is 10.2. The molecule has 4 heteroatoms. The first-order valence-electron chi connectivity index (χ1n) is 4.81. The summed E-state index contributed by atoms with van der Waals surface area (Å²) in [6.07, 6.45) is 1.94. The number of para-hydroxylation sites is 1. The van der Waals surface area contributed by atoms with Gasteiger partial charge in [-0.1, -0.05) is 19.4 Å². The summed E-state index contributed by atoms with van der Waals surface area (Å²) >= 11 is 3.28. The molecule has 0 radical (unpaired) electrons. The smallest absolute Gasteiger partial charge is 0.339 e. The van der Waals surface area contributed by atoms with Crippen LogP contribution in [0.4, 0.5) is 0 Å². The monoisotopic (exact) mass is 272 g/mol. The first kappa shape index (κ1) is 12.0. The standard InChI is InChI=1S/C11H13BrO3/c1-2-3-7-15-10-8(11(13)14)5-4-6-9(10)12/h4-6H,2-3,7H2,1H3,(H,13,14). The number of ether oxygens (including phenoxy) is 1. The van der Waals surface area contributed by atoms with Crippen molar-refractivity contribution in [3.8, 4) is 5.75 Å². The second kappa shape index (κ2) is 5.75. The lowest BCUT2D eigenvalue weighted by molar-refractivity contribution is 0.0692. The molecule has 0 saturated heterocycles. The van der Waals surface area contributed by atoms with Crippen molar-refractivity contribution in [2.24, 2.45) is 0 Å². The van der Waals surface area contributed by atoms with Crippen LogP contribution in [0.2, 0.25) is 0 Å². The van der Waals surface area contributed by atoms with Gasteiger partial charge in [0.25, 0.3) is 0 Å².